The molecule has 0 aromatic heterocycles. The molecule has 0 saturated heterocycles. The summed E-state index contributed by atoms with van der Waals surface area (Å²) in [5.74, 6) is -0.186. The zero-order valence-electron chi connectivity index (χ0n) is 12.5. The first-order valence-corrected chi connectivity index (χ1v) is 6.94. The summed E-state index contributed by atoms with van der Waals surface area (Å²) in [5, 5.41) is 4.69. The van der Waals surface area contributed by atoms with E-state index >= 15 is 0 Å². The van der Waals surface area contributed by atoms with Crippen LogP contribution >= 0.6 is 0 Å². The second-order valence-electron chi connectivity index (χ2n) is 4.74. The van der Waals surface area contributed by atoms with Crippen molar-refractivity contribution in [2.45, 2.75) is 6.92 Å². The lowest BCUT2D eigenvalue weighted by atomic mass is 10.1. The zero-order chi connectivity index (χ0) is 16.7. The predicted molar refractivity (Wildman–Crippen MR) is 85.5 cm³/mol. The number of Topliss-reactive ketones (excluding diaryl/α,β-unsaturated/α-hetero) is 1. The van der Waals surface area contributed by atoms with Gasteiger partial charge in [-0.15, -0.1) is 0 Å². The molecule has 118 valence electrons. The van der Waals surface area contributed by atoms with E-state index in [2.05, 4.69) is 10.6 Å². The van der Waals surface area contributed by atoms with Crippen LogP contribution in [0.3, 0.4) is 0 Å². The number of carbonyl (C=O) groups is 3. The first-order valence-electron chi connectivity index (χ1n) is 6.94. The smallest absolute Gasteiger partial charge is 0.325 e. The number of benzene rings is 2. The largest absolute Gasteiger partial charge is 0.484 e. The zero-order valence-corrected chi connectivity index (χ0v) is 12.5. The lowest BCUT2D eigenvalue weighted by molar-refractivity contribution is -0.121. The van der Waals surface area contributed by atoms with Crippen LogP contribution in [-0.4, -0.2) is 24.3 Å². The molecule has 0 aliphatic heterocycles. The number of carbonyl (C=O) groups excluding carboxylic acids is 3. The van der Waals surface area contributed by atoms with Crippen molar-refractivity contribution in [3.63, 3.8) is 0 Å². The van der Waals surface area contributed by atoms with Gasteiger partial charge < -0.3 is 10.1 Å². The molecule has 0 unspecified atom stereocenters. The molecule has 6 heteroatoms. The first kappa shape index (κ1) is 16.2. The lowest BCUT2D eigenvalue weighted by Crippen LogP contribution is -2.37. The summed E-state index contributed by atoms with van der Waals surface area (Å²) >= 11 is 0. The molecule has 2 aromatic rings. The Morgan fingerprint density at radius 3 is 2.22 bits per heavy atom. The number of ether oxygens (including phenoxy) is 1. The summed E-state index contributed by atoms with van der Waals surface area (Å²) in [6.07, 6.45) is 0. The molecular weight excluding hydrogens is 296 g/mol. The Morgan fingerprint density at radius 2 is 1.61 bits per heavy atom. The van der Waals surface area contributed by atoms with Gasteiger partial charge in [0.15, 0.2) is 12.4 Å². The van der Waals surface area contributed by atoms with Crippen LogP contribution in [0.25, 0.3) is 0 Å². The minimum Gasteiger partial charge on any atom is -0.484 e. The van der Waals surface area contributed by atoms with Crippen molar-refractivity contribution in [3.05, 3.63) is 60.2 Å². The van der Waals surface area contributed by atoms with Crippen molar-refractivity contribution in [3.8, 4) is 5.75 Å². The topological polar surface area (TPSA) is 84.5 Å². The average Bonchev–Trinajstić information content (AvgIpc) is 2.54. The van der Waals surface area contributed by atoms with E-state index in [1.165, 1.54) is 6.92 Å². The monoisotopic (exact) mass is 312 g/mol. The molecule has 23 heavy (non-hydrogen) atoms. The van der Waals surface area contributed by atoms with Crippen LogP contribution < -0.4 is 15.4 Å². The van der Waals surface area contributed by atoms with Gasteiger partial charge in [0.05, 0.1) is 0 Å². The number of ketones is 1. The molecule has 3 amide bonds. The highest BCUT2D eigenvalue weighted by Gasteiger charge is 2.09. The van der Waals surface area contributed by atoms with E-state index in [4.69, 9.17) is 4.74 Å². The Bertz CT molecular complexity index is 696. The van der Waals surface area contributed by atoms with Gasteiger partial charge in [0.2, 0.25) is 0 Å². The molecule has 0 atom stereocenters. The standard InChI is InChI=1S/C17H16N2O4/c1-12(20)13-7-9-15(10-8-13)23-11-16(21)19-17(22)18-14-5-3-2-4-6-14/h2-10H,11H2,1H3,(H2,18,19,21,22). The molecule has 0 spiro atoms. The highest BCUT2D eigenvalue weighted by molar-refractivity contribution is 6.01. The molecule has 2 N–H and O–H groups in total. The SMILES string of the molecule is CC(=O)c1ccc(OCC(=O)NC(=O)Nc2ccccc2)cc1. The van der Waals surface area contributed by atoms with Crippen LogP contribution in [0.4, 0.5) is 10.5 Å². The fourth-order valence-corrected chi connectivity index (χ4v) is 1.78. The van der Waals surface area contributed by atoms with Crippen molar-refractivity contribution in [2.75, 3.05) is 11.9 Å². The van der Waals surface area contributed by atoms with Gasteiger partial charge in [-0.3, -0.25) is 14.9 Å². The second-order valence-corrected chi connectivity index (χ2v) is 4.74. The quantitative estimate of drug-likeness (QED) is 0.831. The Hall–Kier alpha value is -3.15. The van der Waals surface area contributed by atoms with Crippen LogP contribution in [0.2, 0.25) is 0 Å². The predicted octanol–water partition coefficient (Wildman–Crippen LogP) is 2.62. The van der Waals surface area contributed by atoms with E-state index in [1.807, 2.05) is 6.07 Å². The molecule has 0 aliphatic rings. The van der Waals surface area contributed by atoms with E-state index < -0.39 is 11.9 Å². The van der Waals surface area contributed by atoms with E-state index in [0.29, 0.717) is 17.0 Å². The highest BCUT2D eigenvalue weighted by atomic mass is 16.5. The van der Waals surface area contributed by atoms with Gasteiger partial charge in [-0.05, 0) is 43.3 Å². The number of rotatable bonds is 5. The summed E-state index contributed by atoms with van der Waals surface area (Å²) in [6.45, 7) is 1.16. The molecule has 0 bridgehead atoms. The Labute approximate surface area is 133 Å². The van der Waals surface area contributed by atoms with Gasteiger partial charge in [-0.25, -0.2) is 4.79 Å². The third-order valence-corrected chi connectivity index (χ3v) is 2.92. The number of urea groups is 1. The van der Waals surface area contributed by atoms with Crippen LogP contribution in [0.1, 0.15) is 17.3 Å². The third-order valence-electron chi connectivity index (χ3n) is 2.92. The van der Waals surface area contributed by atoms with Gasteiger partial charge in [-0.1, -0.05) is 18.2 Å². The highest BCUT2D eigenvalue weighted by Crippen LogP contribution is 2.12. The molecule has 0 fully saturated rings. The molecule has 0 aliphatic carbocycles. The van der Waals surface area contributed by atoms with Crippen molar-refractivity contribution >= 4 is 23.4 Å². The van der Waals surface area contributed by atoms with Crippen LogP contribution in [0, 0.1) is 0 Å². The molecule has 2 rings (SSSR count). The number of hydrogen-bond donors (Lipinski definition) is 2. The maximum absolute atomic E-state index is 11.6. The Kier molecular flexibility index (Phi) is 5.46. The maximum atomic E-state index is 11.6. The van der Waals surface area contributed by atoms with Gasteiger partial charge in [0.25, 0.3) is 5.91 Å². The van der Waals surface area contributed by atoms with Gasteiger partial charge >= 0.3 is 6.03 Å². The summed E-state index contributed by atoms with van der Waals surface area (Å²) < 4.78 is 5.25. The molecule has 2 aromatic carbocycles. The van der Waals surface area contributed by atoms with Gasteiger partial charge in [-0.2, -0.15) is 0 Å². The van der Waals surface area contributed by atoms with Crippen molar-refractivity contribution < 1.29 is 19.1 Å². The number of anilines is 1. The molecule has 6 nitrogen and oxygen atoms in total. The Morgan fingerprint density at radius 1 is 0.957 bits per heavy atom. The van der Waals surface area contributed by atoms with Crippen LogP contribution in [0.15, 0.2) is 54.6 Å². The molecular formula is C17H16N2O4. The van der Waals surface area contributed by atoms with Gasteiger partial charge in [0, 0.05) is 11.3 Å². The van der Waals surface area contributed by atoms with E-state index in [9.17, 15) is 14.4 Å². The van der Waals surface area contributed by atoms with E-state index in [0.717, 1.165) is 0 Å². The van der Waals surface area contributed by atoms with Crippen LogP contribution in [-0.2, 0) is 4.79 Å². The fraction of sp³-hybridized carbons (Fsp3) is 0.118. The Balaban J connectivity index is 1.78. The van der Waals surface area contributed by atoms with Gasteiger partial charge in [0.1, 0.15) is 5.75 Å². The first-order chi connectivity index (χ1) is 11.0. The number of imide groups is 1. The van der Waals surface area contributed by atoms with Crippen LogP contribution in [0.5, 0.6) is 5.75 Å². The fourth-order valence-electron chi connectivity index (χ4n) is 1.78. The third kappa shape index (κ3) is 5.28. The minimum absolute atomic E-state index is 0.0492. The number of para-hydroxylation sites is 1. The maximum Gasteiger partial charge on any atom is 0.325 e. The minimum atomic E-state index is -0.628. The van der Waals surface area contributed by atoms with Crippen molar-refractivity contribution in [2.24, 2.45) is 0 Å². The molecule has 0 heterocycles. The summed E-state index contributed by atoms with van der Waals surface area (Å²) in [7, 11) is 0. The molecule has 0 radical (unpaired) electrons. The summed E-state index contributed by atoms with van der Waals surface area (Å²) in [5.41, 5.74) is 1.14. The van der Waals surface area contributed by atoms with E-state index in [1.54, 1.807) is 48.5 Å². The lowest BCUT2D eigenvalue weighted by Gasteiger charge is -2.08. The number of nitrogens with one attached hydrogen (secondary N) is 2. The number of hydrogen-bond acceptors (Lipinski definition) is 4. The van der Waals surface area contributed by atoms with Crippen molar-refractivity contribution in [1.82, 2.24) is 5.32 Å². The van der Waals surface area contributed by atoms with E-state index in [-0.39, 0.29) is 12.4 Å². The average molecular weight is 312 g/mol. The summed E-state index contributed by atoms with van der Waals surface area (Å²) in [4.78, 5) is 34.4. The summed E-state index contributed by atoms with van der Waals surface area (Å²) in [6, 6.07) is 14.5. The second kappa shape index (κ2) is 7.74. The number of amides is 3. The normalized spacial score (nSPS) is 9.78. The van der Waals surface area contributed by atoms with Crippen molar-refractivity contribution in [1.29, 1.82) is 0 Å². The molecule has 0 saturated carbocycles.